The van der Waals surface area contributed by atoms with E-state index in [9.17, 15) is 0 Å². The Kier molecular flexibility index (Phi) is 3.21. The van der Waals surface area contributed by atoms with Crippen molar-refractivity contribution in [2.24, 2.45) is 0 Å². The van der Waals surface area contributed by atoms with Gasteiger partial charge in [0.1, 0.15) is 0 Å². The van der Waals surface area contributed by atoms with E-state index in [0.29, 0.717) is 6.10 Å². The normalized spacial score (nSPS) is 20.9. The smallest absolute Gasteiger partial charge is 0.0754 e. The van der Waals surface area contributed by atoms with Crippen LogP contribution in [0.3, 0.4) is 0 Å². The number of aromatic nitrogens is 1. The van der Waals surface area contributed by atoms with Crippen molar-refractivity contribution in [2.45, 2.75) is 31.9 Å². The van der Waals surface area contributed by atoms with E-state index in [1.807, 2.05) is 0 Å². The minimum absolute atomic E-state index is 0.387. The van der Waals surface area contributed by atoms with Gasteiger partial charge in [-0.05, 0) is 37.5 Å². The molecule has 1 aliphatic heterocycles. The summed E-state index contributed by atoms with van der Waals surface area (Å²) in [5.41, 5.74) is 1.29. The number of halogens is 1. The zero-order valence-corrected chi connectivity index (χ0v) is 11.3. The van der Waals surface area contributed by atoms with Gasteiger partial charge in [-0.15, -0.1) is 0 Å². The van der Waals surface area contributed by atoms with E-state index in [4.69, 9.17) is 4.74 Å². The van der Waals surface area contributed by atoms with E-state index >= 15 is 0 Å². The largest absolute Gasteiger partial charge is 0.376 e. The van der Waals surface area contributed by atoms with Gasteiger partial charge >= 0.3 is 0 Å². The maximum Gasteiger partial charge on any atom is 0.0754 e. The van der Waals surface area contributed by atoms with Crippen LogP contribution in [0.1, 0.15) is 19.3 Å². The third-order valence-corrected chi connectivity index (χ3v) is 4.13. The predicted molar refractivity (Wildman–Crippen MR) is 73.2 cm³/mol. The second kappa shape index (κ2) is 4.83. The van der Waals surface area contributed by atoms with Crippen LogP contribution in [-0.2, 0) is 11.3 Å². The molecule has 2 aromatic rings. The fourth-order valence-corrected chi connectivity index (χ4v) is 3.00. The lowest BCUT2D eigenvalue weighted by Crippen LogP contribution is -2.24. The first-order valence-corrected chi connectivity index (χ1v) is 6.99. The molecule has 1 unspecified atom stereocenters. The number of hydrogen-bond acceptors (Lipinski definition) is 1. The van der Waals surface area contributed by atoms with E-state index in [0.717, 1.165) is 13.2 Å². The summed E-state index contributed by atoms with van der Waals surface area (Å²) in [6.07, 6.45) is 6.25. The molecule has 1 aromatic heterocycles. The molecule has 0 radical (unpaired) electrons. The van der Waals surface area contributed by atoms with Crippen LogP contribution in [0.2, 0.25) is 0 Å². The van der Waals surface area contributed by atoms with E-state index in [-0.39, 0.29) is 0 Å². The van der Waals surface area contributed by atoms with Crippen LogP contribution in [0.5, 0.6) is 0 Å². The van der Waals surface area contributed by atoms with Crippen LogP contribution in [-0.4, -0.2) is 17.3 Å². The molecule has 1 aromatic carbocycles. The SMILES string of the molecule is Brc1cccc2c1ccn2CC1CCCCO1. The molecule has 0 aliphatic carbocycles. The average molecular weight is 294 g/mol. The molecule has 1 saturated heterocycles. The molecule has 0 bridgehead atoms. The third kappa shape index (κ3) is 2.26. The minimum atomic E-state index is 0.387. The van der Waals surface area contributed by atoms with Crippen molar-refractivity contribution in [1.29, 1.82) is 0 Å². The fourth-order valence-electron chi connectivity index (χ4n) is 2.52. The van der Waals surface area contributed by atoms with Crippen molar-refractivity contribution in [3.05, 3.63) is 34.9 Å². The van der Waals surface area contributed by atoms with E-state index in [2.05, 4.69) is 51.0 Å². The summed E-state index contributed by atoms with van der Waals surface area (Å²) in [6.45, 7) is 1.90. The molecule has 0 N–H and O–H groups in total. The average Bonchev–Trinajstić information content (AvgIpc) is 2.76. The number of rotatable bonds is 2. The Labute approximate surface area is 110 Å². The van der Waals surface area contributed by atoms with Crippen LogP contribution < -0.4 is 0 Å². The molecular formula is C14H16BrNO. The van der Waals surface area contributed by atoms with Gasteiger partial charge in [0.25, 0.3) is 0 Å². The molecule has 0 amide bonds. The van der Waals surface area contributed by atoms with Crippen molar-refractivity contribution in [2.75, 3.05) is 6.61 Å². The van der Waals surface area contributed by atoms with Crippen LogP contribution in [0, 0.1) is 0 Å². The second-order valence-electron chi connectivity index (χ2n) is 4.63. The predicted octanol–water partition coefficient (Wildman–Crippen LogP) is 3.97. The van der Waals surface area contributed by atoms with Gasteiger partial charge in [0, 0.05) is 34.7 Å². The fraction of sp³-hybridized carbons (Fsp3) is 0.429. The first-order chi connectivity index (χ1) is 8.34. The van der Waals surface area contributed by atoms with Gasteiger partial charge in [-0.3, -0.25) is 0 Å². The van der Waals surface area contributed by atoms with Crippen molar-refractivity contribution >= 4 is 26.8 Å². The maximum atomic E-state index is 5.80. The summed E-state index contributed by atoms with van der Waals surface area (Å²) in [7, 11) is 0. The van der Waals surface area contributed by atoms with E-state index < -0.39 is 0 Å². The minimum Gasteiger partial charge on any atom is -0.376 e. The maximum absolute atomic E-state index is 5.80. The van der Waals surface area contributed by atoms with Crippen molar-refractivity contribution < 1.29 is 4.74 Å². The number of fused-ring (bicyclic) bond motifs is 1. The molecule has 1 fully saturated rings. The van der Waals surface area contributed by atoms with Crippen LogP contribution in [0.15, 0.2) is 34.9 Å². The standard InChI is InChI=1S/C14H16BrNO/c15-13-5-3-6-14-12(13)7-8-16(14)10-11-4-1-2-9-17-11/h3,5-8,11H,1-2,4,9-10H2. The first kappa shape index (κ1) is 11.3. The summed E-state index contributed by atoms with van der Waals surface area (Å²) in [4.78, 5) is 0. The number of ether oxygens (including phenoxy) is 1. The molecule has 1 atom stereocenters. The zero-order chi connectivity index (χ0) is 11.7. The monoisotopic (exact) mass is 293 g/mol. The summed E-state index contributed by atoms with van der Waals surface area (Å²) < 4.78 is 9.26. The Morgan fingerprint density at radius 3 is 3.06 bits per heavy atom. The van der Waals surface area contributed by atoms with Crippen LogP contribution in [0.25, 0.3) is 10.9 Å². The third-order valence-electron chi connectivity index (χ3n) is 3.43. The highest BCUT2D eigenvalue weighted by Gasteiger charge is 2.15. The molecule has 0 spiro atoms. The number of benzene rings is 1. The summed E-state index contributed by atoms with van der Waals surface area (Å²) in [5.74, 6) is 0. The molecule has 3 heteroatoms. The lowest BCUT2D eigenvalue weighted by atomic mass is 10.1. The molecule has 17 heavy (non-hydrogen) atoms. The van der Waals surface area contributed by atoms with Crippen molar-refractivity contribution in [3.63, 3.8) is 0 Å². The molecule has 2 heterocycles. The van der Waals surface area contributed by atoms with Gasteiger partial charge < -0.3 is 9.30 Å². The Morgan fingerprint density at radius 2 is 2.24 bits per heavy atom. The number of hydrogen-bond donors (Lipinski definition) is 0. The van der Waals surface area contributed by atoms with Gasteiger partial charge in [0.2, 0.25) is 0 Å². The van der Waals surface area contributed by atoms with Gasteiger partial charge in [0.05, 0.1) is 6.10 Å². The lowest BCUT2D eigenvalue weighted by Gasteiger charge is -2.23. The van der Waals surface area contributed by atoms with Gasteiger partial charge in [-0.25, -0.2) is 0 Å². The molecule has 3 rings (SSSR count). The highest BCUT2D eigenvalue weighted by atomic mass is 79.9. The molecule has 90 valence electrons. The summed E-state index contributed by atoms with van der Waals surface area (Å²) in [5, 5.41) is 1.28. The summed E-state index contributed by atoms with van der Waals surface area (Å²) in [6, 6.07) is 8.51. The lowest BCUT2D eigenvalue weighted by molar-refractivity contribution is 0.00670. The van der Waals surface area contributed by atoms with Gasteiger partial charge in [0.15, 0.2) is 0 Å². The zero-order valence-electron chi connectivity index (χ0n) is 9.73. The highest BCUT2D eigenvalue weighted by Crippen LogP contribution is 2.25. The Hall–Kier alpha value is -0.800. The van der Waals surface area contributed by atoms with Crippen molar-refractivity contribution in [3.8, 4) is 0 Å². The Bertz CT molecular complexity index is 514. The summed E-state index contributed by atoms with van der Waals surface area (Å²) >= 11 is 3.59. The van der Waals surface area contributed by atoms with Gasteiger partial charge in [-0.1, -0.05) is 22.0 Å². The number of nitrogens with zero attached hydrogens (tertiary/aromatic N) is 1. The first-order valence-electron chi connectivity index (χ1n) is 6.19. The topological polar surface area (TPSA) is 14.2 Å². The Balaban J connectivity index is 1.87. The van der Waals surface area contributed by atoms with E-state index in [1.54, 1.807) is 0 Å². The van der Waals surface area contributed by atoms with Crippen molar-refractivity contribution in [1.82, 2.24) is 4.57 Å². The van der Waals surface area contributed by atoms with Crippen LogP contribution in [0.4, 0.5) is 0 Å². The second-order valence-corrected chi connectivity index (χ2v) is 5.48. The van der Waals surface area contributed by atoms with Crippen LogP contribution >= 0.6 is 15.9 Å². The Morgan fingerprint density at radius 1 is 1.29 bits per heavy atom. The quantitative estimate of drug-likeness (QED) is 0.817. The van der Waals surface area contributed by atoms with Gasteiger partial charge in [-0.2, -0.15) is 0 Å². The molecule has 0 saturated carbocycles. The molecule has 2 nitrogen and oxygen atoms in total. The molecular weight excluding hydrogens is 278 g/mol. The van der Waals surface area contributed by atoms with E-state index in [1.165, 1.54) is 34.6 Å². The highest BCUT2D eigenvalue weighted by molar-refractivity contribution is 9.10. The molecule has 1 aliphatic rings.